The molecule has 0 aromatic carbocycles. The monoisotopic (exact) mass is 241 g/mol. The van der Waals surface area contributed by atoms with E-state index >= 15 is 0 Å². The molecule has 1 heterocycles. The van der Waals surface area contributed by atoms with Crippen LogP contribution in [0.4, 0.5) is 5.13 Å². The van der Waals surface area contributed by atoms with E-state index in [-0.39, 0.29) is 11.9 Å². The Morgan fingerprint density at radius 1 is 1.62 bits per heavy atom. The maximum atomic E-state index is 7.54. The van der Waals surface area contributed by atoms with Gasteiger partial charge in [0.2, 0.25) is 11.0 Å². The van der Waals surface area contributed by atoms with Crippen LogP contribution in [-0.2, 0) is 0 Å². The molecule has 0 radical (unpaired) electrons. The number of unbranched alkanes of at least 4 members (excludes halogenated alkanes) is 1. The Morgan fingerprint density at radius 2 is 2.38 bits per heavy atom. The molecule has 0 aliphatic heterocycles. The van der Waals surface area contributed by atoms with Gasteiger partial charge >= 0.3 is 0 Å². The van der Waals surface area contributed by atoms with E-state index in [9.17, 15) is 0 Å². The Kier molecular flexibility index (Phi) is 4.71. The van der Waals surface area contributed by atoms with Gasteiger partial charge in [-0.1, -0.05) is 24.7 Å². The minimum absolute atomic E-state index is 0.0399. The minimum atomic E-state index is -0.0399. The van der Waals surface area contributed by atoms with Crippen LogP contribution in [0, 0.1) is 5.41 Å². The molecule has 0 bridgehead atoms. The predicted octanol–water partition coefficient (Wildman–Crippen LogP) is 1.59. The number of hydrogen-bond donors (Lipinski definition) is 3. The van der Waals surface area contributed by atoms with Gasteiger partial charge in [0.05, 0.1) is 5.38 Å². The molecule has 0 aliphatic rings. The summed E-state index contributed by atoms with van der Waals surface area (Å²) in [4.78, 5) is 7.79. The van der Waals surface area contributed by atoms with E-state index in [1.54, 1.807) is 5.38 Å². The molecule has 6 nitrogen and oxygen atoms in total. The molecule has 1 aromatic heterocycles. The van der Waals surface area contributed by atoms with Crippen LogP contribution in [0.25, 0.3) is 0 Å². The molecule has 1 aromatic rings. The molecule has 16 heavy (non-hydrogen) atoms. The quantitative estimate of drug-likeness (QED) is 0.537. The Morgan fingerprint density at radius 3 is 3.00 bits per heavy atom. The number of guanidine groups is 1. The Bertz CT molecular complexity index is 383. The predicted molar refractivity (Wildman–Crippen MR) is 65.5 cm³/mol. The molecule has 0 saturated heterocycles. The van der Waals surface area contributed by atoms with Crippen molar-refractivity contribution < 1.29 is 4.74 Å². The highest BCUT2D eigenvalue weighted by Crippen LogP contribution is 2.23. The average molecular weight is 241 g/mol. The van der Waals surface area contributed by atoms with E-state index in [4.69, 9.17) is 21.6 Å². The number of ether oxygens (including phenoxy) is 1. The van der Waals surface area contributed by atoms with Crippen molar-refractivity contribution in [2.45, 2.75) is 26.2 Å². The van der Waals surface area contributed by atoms with Gasteiger partial charge in [-0.05, 0) is 6.42 Å². The van der Waals surface area contributed by atoms with Crippen LogP contribution in [0.15, 0.2) is 10.4 Å². The lowest BCUT2D eigenvalue weighted by molar-refractivity contribution is 0.505. The zero-order valence-electron chi connectivity index (χ0n) is 9.06. The van der Waals surface area contributed by atoms with Crippen molar-refractivity contribution in [1.82, 2.24) is 4.98 Å². The first-order valence-corrected chi connectivity index (χ1v) is 5.80. The summed E-state index contributed by atoms with van der Waals surface area (Å²) in [5, 5.41) is 9.64. The SMILES string of the molecule is CCCCC(=N)Oc1csc(N=C(N)N)n1. The number of hydrogen-bond acceptors (Lipinski definition) is 5. The molecule has 7 heteroatoms. The van der Waals surface area contributed by atoms with Gasteiger partial charge in [0, 0.05) is 6.42 Å². The number of rotatable bonds is 5. The molecule has 88 valence electrons. The van der Waals surface area contributed by atoms with E-state index in [0.717, 1.165) is 12.8 Å². The number of aliphatic imine (C=N–C) groups is 1. The molecule has 0 amide bonds. The summed E-state index contributed by atoms with van der Waals surface area (Å²) in [6.07, 6.45) is 2.58. The molecule has 0 aliphatic carbocycles. The van der Waals surface area contributed by atoms with Crippen LogP contribution in [0.1, 0.15) is 26.2 Å². The maximum absolute atomic E-state index is 7.54. The second-order valence-corrected chi connectivity index (χ2v) is 3.97. The van der Waals surface area contributed by atoms with Crippen molar-refractivity contribution in [2.24, 2.45) is 16.5 Å². The minimum Gasteiger partial charge on any atom is -0.424 e. The van der Waals surface area contributed by atoms with Crippen molar-refractivity contribution in [3.8, 4) is 5.88 Å². The van der Waals surface area contributed by atoms with Gasteiger partial charge in [-0.2, -0.15) is 9.98 Å². The Labute approximate surface area is 97.9 Å². The zero-order valence-corrected chi connectivity index (χ0v) is 9.88. The smallest absolute Gasteiger partial charge is 0.233 e. The van der Waals surface area contributed by atoms with Crippen molar-refractivity contribution in [3.05, 3.63) is 5.38 Å². The molecule has 0 atom stereocenters. The molecule has 0 unspecified atom stereocenters. The summed E-state index contributed by atoms with van der Waals surface area (Å²) in [6.45, 7) is 2.06. The van der Waals surface area contributed by atoms with Gasteiger partial charge in [-0.25, -0.2) is 0 Å². The van der Waals surface area contributed by atoms with Gasteiger partial charge in [-0.3, -0.25) is 5.41 Å². The fourth-order valence-electron chi connectivity index (χ4n) is 0.973. The molecular weight excluding hydrogens is 226 g/mol. The number of aromatic nitrogens is 1. The summed E-state index contributed by atoms with van der Waals surface area (Å²) < 4.78 is 5.21. The van der Waals surface area contributed by atoms with Crippen LogP contribution in [0.3, 0.4) is 0 Å². The number of thiazole rings is 1. The van der Waals surface area contributed by atoms with Crippen molar-refractivity contribution in [2.75, 3.05) is 0 Å². The van der Waals surface area contributed by atoms with Crippen molar-refractivity contribution >= 4 is 28.3 Å². The first kappa shape index (κ1) is 12.4. The molecular formula is C9H15N5OS. The third-order valence-electron chi connectivity index (χ3n) is 1.68. The summed E-state index contributed by atoms with van der Waals surface area (Å²) in [6, 6.07) is 0. The second-order valence-electron chi connectivity index (χ2n) is 3.13. The van der Waals surface area contributed by atoms with Gasteiger partial charge in [-0.15, -0.1) is 0 Å². The molecule has 5 N–H and O–H groups in total. The fourth-order valence-corrected chi connectivity index (χ4v) is 1.58. The lowest BCUT2D eigenvalue weighted by Gasteiger charge is -2.01. The second kappa shape index (κ2) is 6.06. The zero-order chi connectivity index (χ0) is 12.0. The topological polar surface area (TPSA) is 110 Å². The standard InChI is InChI=1S/C9H15N5OS/c1-2-3-4-6(10)15-7-5-16-9(13-7)14-8(11)12/h5,10H,2-4H2,1H3,(H4,11,12,13,14). The maximum Gasteiger partial charge on any atom is 0.233 e. The first-order valence-electron chi connectivity index (χ1n) is 4.92. The van der Waals surface area contributed by atoms with Crippen LogP contribution < -0.4 is 16.2 Å². The third kappa shape index (κ3) is 4.26. The van der Waals surface area contributed by atoms with E-state index in [1.165, 1.54) is 11.3 Å². The average Bonchev–Trinajstić information content (AvgIpc) is 2.61. The molecule has 1 rings (SSSR count). The highest BCUT2D eigenvalue weighted by molar-refractivity contribution is 7.13. The summed E-state index contributed by atoms with van der Waals surface area (Å²) in [5.74, 6) is 0.538. The van der Waals surface area contributed by atoms with Gasteiger partial charge in [0.15, 0.2) is 11.9 Å². The van der Waals surface area contributed by atoms with E-state index in [2.05, 4.69) is 16.9 Å². The van der Waals surface area contributed by atoms with Crippen LogP contribution >= 0.6 is 11.3 Å². The molecule has 0 spiro atoms. The molecule has 0 fully saturated rings. The summed E-state index contributed by atoms with van der Waals surface area (Å²) in [7, 11) is 0. The normalized spacial score (nSPS) is 9.81. The lowest BCUT2D eigenvalue weighted by Crippen LogP contribution is -2.21. The Balaban J connectivity index is 2.52. The highest BCUT2D eigenvalue weighted by atomic mass is 32.1. The van der Waals surface area contributed by atoms with Gasteiger partial charge in [0.1, 0.15) is 0 Å². The van der Waals surface area contributed by atoms with Crippen LogP contribution in [0.2, 0.25) is 0 Å². The van der Waals surface area contributed by atoms with Gasteiger partial charge < -0.3 is 16.2 Å². The first-order chi connectivity index (χ1) is 7.61. The van der Waals surface area contributed by atoms with Crippen molar-refractivity contribution in [1.29, 1.82) is 5.41 Å². The van der Waals surface area contributed by atoms with E-state index in [1.807, 2.05) is 0 Å². The Hall–Kier alpha value is -1.63. The summed E-state index contributed by atoms with van der Waals surface area (Å²) in [5.41, 5.74) is 10.4. The van der Waals surface area contributed by atoms with E-state index in [0.29, 0.717) is 17.4 Å². The van der Waals surface area contributed by atoms with Gasteiger partial charge in [0.25, 0.3) is 0 Å². The third-order valence-corrected chi connectivity index (χ3v) is 2.39. The van der Waals surface area contributed by atoms with Crippen LogP contribution in [-0.4, -0.2) is 16.8 Å². The fraction of sp³-hybridized carbons (Fsp3) is 0.444. The largest absolute Gasteiger partial charge is 0.424 e. The number of nitrogens with one attached hydrogen (secondary N) is 1. The van der Waals surface area contributed by atoms with E-state index < -0.39 is 0 Å². The van der Waals surface area contributed by atoms with Crippen LogP contribution in [0.5, 0.6) is 5.88 Å². The van der Waals surface area contributed by atoms with Crippen molar-refractivity contribution in [3.63, 3.8) is 0 Å². The molecule has 0 saturated carbocycles. The summed E-state index contributed by atoms with van der Waals surface area (Å²) >= 11 is 1.26. The number of nitrogens with zero attached hydrogens (tertiary/aromatic N) is 2. The lowest BCUT2D eigenvalue weighted by atomic mass is 10.2. The number of nitrogens with two attached hydrogens (primary N) is 2. The highest BCUT2D eigenvalue weighted by Gasteiger charge is 2.05.